The third kappa shape index (κ3) is 7.49. The number of nitrogens with zero attached hydrogens (tertiary/aromatic N) is 8. The van der Waals surface area contributed by atoms with Crippen LogP contribution in [-0.2, 0) is 22.5 Å². The molecule has 4 aliphatic heterocycles. The van der Waals surface area contributed by atoms with E-state index >= 15 is 8.78 Å². The Kier molecular flexibility index (Phi) is 10.9. The minimum absolute atomic E-state index is 0.00798. The molecule has 7 heterocycles. The van der Waals surface area contributed by atoms with Crippen molar-refractivity contribution in [1.29, 1.82) is 0 Å². The van der Waals surface area contributed by atoms with E-state index in [1.807, 2.05) is 42.3 Å². The number of ether oxygens (including phenoxy) is 1. The van der Waals surface area contributed by atoms with E-state index < -0.39 is 35.7 Å². The van der Waals surface area contributed by atoms with E-state index in [4.69, 9.17) is 38.0 Å². The normalized spacial score (nSPS) is 21.2. The van der Waals surface area contributed by atoms with Gasteiger partial charge >= 0.3 is 6.03 Å². The highest BCUT2D eigenvalue weighted by atomic mass is 35.5. The number of urea groups is 1. The average Bonchev–Trinajstić information content (AvgIpc) is 3.91. The summed E-state index contributed by atoms with van der Waals surface area (Å²) >= 11 is 12.7. The number of methoxy groups -OCH3 is 1. The number of alkyl halides is 2. The molecule has 1 spiro atoms. The van der Waals surface area contributed by atoms with Crippen LogP contribution in [0.3, 0.4) is 0 Å². The number of amides is 5. The Morgan fingerprint density at radius 2 is 1.77 bits per heavy atom. The first-order chi connectivity index (χ1) is 31.3. The van der Waals surface area contributed by atoms with Crippen LogP contribution in [0.25, 0.3) is 16.9 Å². The van der Waals surface area contributed by atoms with Crippen molar-refractivity contribution in [3.8, 4) is 11.3 Å². The van der Waals surface area contributed by atoms with Gasteiger partial charge in [-0.15, -0.1) is 5.10 Å². The van der Waals surface area contributed by atoms with Crippen molar-refractivity contribution < 1.29 is 32.7 Å². The van der Waals surface area contributed by atoms with Crippen molar-refractivity contribution in [3.63, 3.8) is 0 Å². The number of benzene rings is 2. The number of carbonyl (C=O) groups is 4. The van der Waals surface area contributed by atoms with Gasteiger partial charge in [-0.2, -0.15) is 0 Å². The van der Waals surface area contributed by atoms with Crippen LogP contribution < -0.4 is 25.8 Å². The lowest BCUT2D eigenvalue weighted by atomic mass is 9.69. The fourth-order valence-corrected chi connectivity index (χ4v) is 10.2. The lowest BCUT2D eigenvalue weighted by Crippen LogP contribution is -2.70. The summed E-state index contributed by atoms with van der Waals surface area (Å²) in [5, 5.41) is 13.4. The SMILES string of the molecule is CNc1cc(N2CCc3c(-c4ccc(CN5CC6(CCN(C(=O)c7cc(Cl)c(Cl)c(N8CCC(=O)NC8=O)c7)CC6(F)F)C5)cn4)cccc32)nn2c(C(=O)N[C@@H]3CC[C@H]3OC)cnc12. The van der Waals surface area contributed by atoms with Crippen LogP contribution >= 0.6 is 23.2 Å². The molecule has 1 saturated carbocycles. The van der Waals surface area contributed by atoms with Crippen LogP contribution in [0.1, 0.15) is 57.7 Å². The molecule has 20 heteroatoms. The largest absolute Gasteiger partial charge is 0.385 e. The Bertz CT molecular complexity index is 2760. The molecule has 0 radical (unpaired) electrons. The summed E-state index contributed by atoms with van der Waals surface area (Å²) in [6.45, 7) is 0.818. The van der Waals surface area contributed by atoms with Crippen molar-refractivity contribution in [2.75, 3.05) is 68.5 Å². The summed E-state index contributed by atoms with van der Waals surface area (Å²) in [4.78, 5) is 67.0. The second-order valence-electron chi connectivity index (χ2n) is 17.4. The fraction of sp³-hybridized carbons (Fsp3) is 0.400. The Hall–Kier alpha value is -5.95. The van der Waals surface area contributed by atoms with Crippen LogP contribution in [0, 0.1) is 5.41 Å². The molecular weight excluding hydrogens is 883 g/mol. The summed E-state index contributed by atoms with van der Waals surface area (Å²) in [7, 11) is 3.46. The van der Waals surface area contributed by atoms with Gasteiger partial charge < -0.3 is 25.2 Å². The molecule has 16 nitrogen and oxygen atoms in total. The lowest BCUT2D eigenvalue weighted by Gasteiger charge is -2.57. The first-order valence-electron chi connectivity index (χ1n) is 21.5. The number of rotatable bonds is 10. The van der Waals surface area contributed by atoms with Gasteiger partial charge in [-0.25, -0.2) is 23.1 Å². The van der Waals surface area contributed by atoms with Crippen molar-refractivity contribution in [2.24, 2.45) is 5.41 Å². The molecule has 5 aromatic rings. The van der Waals surface area contributed by atoms with E-state index in [9.17, 15) is 19.2 Å². The molecule has 2 aromatic carbocycles. The number of carbonyl (C=O) groups excluding carboxylic acids is 4. The van der Waals surface area contributed by atoms with Crippen LogP contribution in [0.15, 0.2) is 60.9 Å². The number of anilines is 4. The van der Waals surface area contributed by atoms with Gasteiger partial charge in [0.2, 0.25) is 5.91 Å². The van der Waals surface area contributed by atoms with Crippen molar-refractivity contribution in [1.82, 2.24) is 40.0 Å². The van der Waals surface area contributed by atoms with Gasteiger partial charge in [-0.1, -0.05) is 41.4 Å². The van der Waals surface area contributed by atoms with E-state index in [2.05, 4.69) is 31.9 Å². The molecule has 10 rings (SSSR count). The maximum absolute atomic E-state index is 16.0. The summed E-state index contributed by atoms with van der Waals surface area (Å²) in [5.74, 6) is -3.86. The molecule has 3 N–H and O–H groups in total. The quantitative estimate of drug-likeness (QED) is 0.147. The van der Waals surface area contributed by atoms with Crippen molar-refractivity contribution >= 4 is 75.5 Å². The molecule has 3 aromatic heterocycles. The minimum Gasteiger partial charge on any atom is -0.385 e. The Morgan fingerprint density at radius 1 is 0.954 bits per heavy atom. The number of imidazole rings is 1. The number of hydrogen-bond acceptors (Lipinski definition) is 11. The monoisotopic (exact) mass is 927 g/mol. The number of pyridine rings is 1. The van der Waals surface area contributed by atoms with Crippen LogP contribution in [0.2, 0.25) is 10.0 Å². The number of imide groups is 1. The van der Waals surface area contributed by atoms with Gasteiger partial charge in [0.1, 0.15) is 0 Å². The zero-order valence-corrected chi connectivity index (χ0v) is 37.1. The Balaban J connectivity index is 0.792. The first kappa shape index (κ1) is 43.0. The fourth-order valence-electron chi connectivity index (χ4n) is 9.81. The van der Waals surface area contributed by atoms with Gasteiger partial charge in [-0.3, -0.25) is 34.5 Å². The maximum Gasteiger partial charge on any atom is 0.328 e. The second kappa shape index (κ2) is 16.5. The van der Waals surface area contributed by atoms with E-state index in [0.717, 1.165) is 57.9 Å². The molecule has 5 amide bonds. The average molecular weight is 929 g/mol. The molecule has 0 bridgehead atoms. The molecule has 65 heavy (non-hydrogen) atoms. The topological polar surface area (TPSA) is 170 Å². The number of likely N-dealkylation sites (tertiary alicyclic amines) is 2. The number of fused-ring (bicyclic) bond motifs is 2. The van der Waals surface area contributed by atoms with Gasteiger partial charge in [0, 0.05) is 88.9 Å². The Labute approximate surface area is 382 Å². The smallest absolute Gasteiger partial charge is 0.328 e. The number of nitrogens with one attached hydrogen (secondary N) is 3. The molecule has 5 aliphatic rings. The number of halogens is 4. The number of aromatic nitrogens is 4. The van der Waals surface area contributed by atoms with E-state index in [1.54, 1.807) is 24.0 Å². The third-order valence-electron chi connectivity index (χ3n) is 13.6. The first-order valence-corrected chi connectivity index (χ1v) is 22.3. The van der Waals surface area contributed by atoms with Gasteiger partial charge in [0.25, 0.3) is 17.7 Å². The molecule has 3 saturated heterocycles. The highest BCUT2D eigenvalue weighted by Crippen LogP contribution is 2.51. The predicted molar refractivity (Wildman–Crippen MR) is 239 cm³/mol. The standard InChI is InChI=1S/C45H45Cl2F2N11O5/c1-50-32-18-37(55-60-35(20-52-40(32)60)41(62)53-31-8-9-36(31)65-2)58-13-10-28-27(4-3-5-33(28)58)30-7-6-25(19-51-30)21-56-22-44(23-56)12-15-57(24-45(44,48)49)42(63)26-16-29(46)39(47)34(17-26)59-14-11-38(61)54-43(59)64/h3-7,16-20,31,36,50H,8-15,21-24H2,1-2H3,(H,53,62)(H,54,61,64)/t31-,36-/m1/s1. The molecule has 4 fully saturated rings. The summed E-state index contributed by atoms with van der Waals surface area (Å²) in [6.07, 6.45) is 5.95. The summed E-state index contributed by atoms with van der Waals surface area (Å²) in [5.41, 5.74) is 5.23. The molecule has 338 valence electrons. The summed E-state index contributed by atoms with van der Waals surface area (Å²) < 4.78 is 39.1. The van der Waals surface area contributed by atoms with Crippen molar-refractivity contribution in [2.45, 2.75) is 56.7 Å². The van der Waals surface area contributed by atoms with Crippen molar-refractivity contribution in [3.05, 3.63) is 93.4 Å². The Morgan fingerprint density at radius 3 is 2.48 bits per heavy atom. The third-order valence-corrected chi connectivity index (χ3v) is 14.4. The van der Waals surface area contributed by atoms with Crippen LogP contribution in [-0.4, -0.2) is 125 Å². The lowest BCUT2D eigenvalue weighted by molar-refractivity contribution is -0.220. The molecule has 0 unspecified atom stereocenters. The maximum atomic E-state index is 16.0. The van der Waals surface area contributed by atoms with Gasteiger partial charge in [0.15, 0.2) is 17.2 Å². The van der Waals surface area contributed by atoms with Gasteiger partial charge in [-0.05, 0) is 61.1 Å². The van der Waals surface area contributed by atoms with Crippen LogP contribution in [0.4, 0.5) is 36.5 Å². The molecular formula is C45H45Cl2F2N11O5. The molecule has 1 aliphatic carbocycles. The van der Waals surface area contributed by atoms with E-state index in [1.165, 1.54) is 17.0 Å². The van der Waals surface area contributed by atoms with E-state index in [0.29, 0.717) is 30.2 Å². The van der Waals surface area contributed by atoms with E-state index in [-0.39, 0.29) is 78.4 Å². The highest BCUT2D eigenvalue weighted by molar-refractivity contribution is 6.44. The highest BCUT2D eigenvalue weighted by Gasteiger charge is 2.62. The van der Waals surface area contributed by atoms with Crippen LogP contribution in [0.5, 0.6) is 0 Å². The number of piperidine rings is 1. The predicted octanol–water partition coefficient (Wildman–Crippen LogP) is 6.17. The second-order valence-corrected chi connectivity index (χ2v) is 18.2. The zero-order chi connectivity index (χ0) is 45.4. The van der Waals surface area contributed by atoms with Gasteiger partial charge in [0.05, 0.1) is 57.4 Å². The minimum atomic E-state index is -3.16. The molecule has 2 atom stereocenters. The number of hydrogen-bond donors (Lipinski definition) is 3. The zero-order valence-electron chi connectivity index (χ0n) is 35.5. The summed E-state index contributed by atoms with van der Waals surface area (Å²) in [6, 6.07) is 13.8.